The lowest BCUT2D eigenvalue weighted by atomic mass is 9.98. The van der Waals surface area contributed by atoms with Crippen LogP contribution in [0.3, 0.4) is 0 Å². The molecule has 1 rings (SSSR count). The number of carboxylic acid groups (broad SMARTS) is 1. The molecule has 20 heavy (non-hydrogen) atoms. The van der Waals surface area contributed by atoms with Gasteiger partial charge in [-0.1, -0.05) is 0 Å². The predicted molar refractivity (Wildman–Crippen MR) is 77.6 cm³/mol. The molecule has 0 spiro atoms. The van der Waals surface area contributed by atoms with E-state index in [1.54, 1.807) is 0 Å². The van der Waals surface area contributed by atoms with Crippen LogP contribution in [0.25, 0.3) is 0 Å². The molecule has 0 aromatic rings. The zero-order chi connectivity index (χ0) is 15.0. The number of carboxylic acids is 1. The summed E-state index contributed by atoms with van der Waals surface area (Å²) in [6, 6.07) is 0. The summed E-state index contributed by atoms with van der Waals surface area (Å²) < 4.78 is 0. The van der Waals surface area contributed by atoms with E-state index in [2.05, 4.69) is 10.2 Å². The van der Waals surface area contributed by atoms with Gasteiger partial charge in [-0.15, -0.1) is 0 Å². The van der Waals surface area contributed by atoms with Crippen molar-refractivity contribution in [1.82, 2.24) is 15.1 Å². The predicted octanol–water partition coefficient (Wildman–Crippen LogP) is 0.241. The quantitative estimate of drug-likeness (QED) is 0.668. The van der Waals surface area contributed by atoms with Crippen molar-refractivity contribution in [2.75, 3.05) is 45.8 Å². The summed E-state index contributed by atoms with van der Waals surface area (Å²) in [5.74, 6) is -0.198. The highest BCUT2D eigenvalue weighted by molar-refractivity contribution is 5.78. The van der Waals surface area contributed by atoms with Crippen LogP contribution in [0.5, 0.6) is 0 Å². The van der Waals surface area contributed by atoms with Crippen molar-refractivity contribution in [3.8, 4) is 0 Å². The summed E-state index contributed by atoms with van der Waals surface area (Å²) in [7, 11) is 0. The minimum atomic E-state index is -0.825. The molecule has 6 heteroatoms. The monoisotopic (exact) mass is 285 g/mol. The minimum Gasteiger partial charge on any atom is -0.480 e. The first kappa shape index (κ1) is 16.9. The van der Waals surface area contributed by atoms with E-state index >= 15 is 0 Å². The van der Waals surface area contributed by atoms with Crippen LogP contribution in [0.1, 0.15) is 26.7 Å². The highest BCUT2D eigenvalue weighted by Gasteiger charge is 2.22. The number of carbonyl (C=O) groups excluding carboxylic acids is 1. The number of rotatable bonds is 8. The van der Waals surface area contributed by atoms with Crippen LogP contribution in [0.15, 0.2) is 0 Å². The molecule has 0 aromatic heterocycles. The van der Waals surface area contributed by atoms with Gasteiger partial charge in [0.2, 0.25) is 5.91 Å². The second-order valence-corrected chi connectivity index (χ2v) is 5.33. The zero-order valence-corrected chi connectivity index (χ0v) is 12.6. The third-order valence-corrected chi connectivity index (χ3v) is 3.79. The highest BCUT2D eigenvalue weighted by atomic mass is 16.4. The Morgan fingerprint density at radius 1 is 1.35 bits per heavy atom. The number of aliphatic carboxylic acids is 1. The van der Waals surface area contributed by atoms with Gasteiger partial charge in [0.25, 0.3) is 0 Å². The molecule has 1 aliphatic rings. The first-order valence-corrected chi connectivity index (χ1v) is 7.49. The average Bonchev–Trinajstić information content (AvgIpc) is 2.40. The molecule has 1 heterocycles. The molecule has 2 N–H and O–H groups in total. The van der Waals surface area contributed by atoms with Gasteiger partial charge in [-0.2, -0.15) is 0 Å². The number of hydrogen-bond donors (Lipinski definition) is 2. The first-order chi connectivity index (χ1) is 9.56. The SMILES string of the molecule is CCN(CC)C(=O)CN1CCCC(CNCC(=O)O)C1. The first-order valence-electron chi connectivity index (χ1n) is 7.49. The van der Waals surface area contributed by atoms with Gasteiger partial charge >= 0.3 is 5.97 Å². The maximum Gasteiger partial charge on any atom is 0.317 e. The summed E-state index contributed by atoms with van der Waals surface area (Å²) in [5.41, 5.74) is 0. The molecule has 1 amide bonds. The fourth-order valence-corrected chi connectivity index (χ4v) is 2.71. The van der Waals surface area contributed by atoms with Crippen LogP contribution in [-0.2, 0) is 9.59 Å². The number of hydrogen-bond acceptors (Lipinski definition) is 4. The normalized spacial score (nSPS) is 19.8. The zero-order valence-electron chi connectivity index (χ0n) is 12.6. The molecule has 0 bridgehead atoms. The van der Waals surface area contributed by atoms with Crippen molar-refractivity contribution in [3.05, 3.63) is 0 Å². The van der Waals surface area contributed by atoms with Gasteiger partial charge in [0, 0.05) is 19.6 Å². The number of likely N-dealkylation sites (tertiary alicyclic amines) is 1. The summed E-state index contributed by atoms with van der Waals surface area (Å²) in [6.07, 6.45) is 2.17. The van der Waals surface area contributed by atoms with Gasteiger partial charge in [-0.05, 0) is 45.7 Å². The lowest BCUT2D eigenvalue weighted by molar-refractivity contribution is -0.136. The topological polar surface area (TPSA) is 72.9 Å². The van der Waals surface area contributed by atoms with E-state index in [1.165, 1.54) is 0 Å². The molecule has 0 saturated carbocycles. The van der Waals surface area contributed by atoms with Crippen molar-refractivity contribution in [3.63, 3.8) is 0 Å². The Morgan fingerprint density at radius 3 is 2.65 bits per heavy atom. The number of nitrogens with zero attached hydrogens (tertiary/aromatic N) is 2. The van der Waals surface area contributed by atoms with Crippen molar-refractivity contribution < 1.29 is 14.7 Å². The molecule has 0 aliphatic carbocycles. The summed E-state index contributed by atoms with van der Waals surface area (Å²) in [4.78, 5) is 26.6. The van der Waals surface area contributed by atoms with E-state index in [1.807, 2.05) is 18.7 Å². The minimum absolute atomic E-state index is 0.00881. The molecule has 6 nitrogen and oxygen atoms in total. The Morgan fingerprint density at radius 2 is 2.05 bits per heavy atom. The fourth-order valence-electron chi connectivity index (χ4n) is 2.71. The van der Waals surface area contributed by atoms with E-state index in [4.69, 9.17) is 5.11 Å². The molecule has 116 valence electrons. The lowest BCUT2D eigenvalue weighted by Gasteiger charge is -2.33. The molecular formula is C14H27N3O3. The number of piperidine rings is 1. The van der Waals surface area contributed by atoms with Gasteiger partial charge in [-0.25, -0.2) is 0 Å². The largest absolute Gasteiger partial charge is 0.480 e. The average molecular weight is 285 g/mol. The second-order valence-electron chi connectivity index (χ2n) is 5.33. The summed E-state index contributed by atoms with van der Waals surface area (Å²) in [6.45, 7) is 8.54. The number of nitrogens with one attached hydrogen (secondary N) is 1. The lowest BCUT2D eigenvalue weighted by Crippen LogP contribution is -2.46. The molecule has 1 fully saturated rings. The van der Waals surface area contributed by atoms with Crippen LogP contribution in [-0.4, -0.2) is 72.6 Å². The third kappa shape index (κ3) is 5.88. The standard InChI is InChI=1S/C14H27N3O3/c1-3-17(4-2)13(18)11-16-7-5-6-12(10-16)8-15-9-14(19)20/h12,15H,3-11H2,1-2H3,(H,19,20). The summed E-state index contributed by atoms with van der Waals surface area (Å²) >= 11 is 0. The summed E-state index contributed by atoms with van der Waals surface area (Å²) in [5, 5.41) is 11.6. The van der Waals surface area contributed by atoms with Crippen LogP contribution < -0.4 is 5.32 Å². The molecule has 1 saturated heterocycles. The Bertz CT molecular complexity index is 319. The van der Waals surface area contributed by atoms with Crippen LogP contribution in [0.4, 0.5) is 0 Å². The van der Waals surface area contributed by atoms with Gasteiger partial charge in [0.1, 0.15) is 0 Å². The molecule has 0 radical (unpaired) electrons. The van der Waals surface area contributed by atoms with Gasteiger partial charge in [0.15, 0.2) is 0 Å². The van der Waals surface area contributed by atoms with Gasteiger partial charge < -0.3 is 15.3 Å². The van der Waals surface area contributed by atoms with Crippen molar-refractivity contribution in [1.29, 1.82) is 0 Å². The third-order valence-electron chi connectivity index (χ3n) is 3.79. The molecule has 1 aliphatic heterocycles. The van der Waals surface area contributed by atoms with Crippen molar-refractivity contribution >= 4 is 11.9 Å². The van der Waals surface area contributed by atoms with Crippen LogP contribution in [0, 0.1) is 5.92 Å². The Hall–Kier alpha value is -1.14. The smallest absolute Gasteiger partial charge is 0.317 e. The van der Waals surface area contributed by atoms with E-state index < -0.39 is 5.97 Å². The number of amides is 1. The van der Waals surface area contributed by atoms with Gasteiger partial charge in [0.05, 0.1) is 13.1 Å². The maximum absolute atomic E-state index is 12.1. The Labute approximate surface area is 121 Å². The second kappa shape index (κ2) is 8.92. The van der Waals surface area contributed by atoms with Crippen molar-refractivity contribution in [2.24, 2.45) is 5.92 Å². The number of likely N-dealkylation sites (N-methyl/N-ethyl adjacent to an activating group) is 1. The molecule has 0 aromatic carbocycles. The fraction of sp³-hybridized carbons (Fsp3) is 0.857. The van der Waals surface area contributed by atoms with Crippen molar-refractivity contribution in [2.45, 2.75) is 26.7 Å². The maximum atomic E-state index is 12.1. The van der Waals surface area contributed by atoms with E-state index in [-0.39, 0.29) is 12.5 Å². The van der Waals surface area contributed by atoms with E-state index in [9.17, 15) is 9.59 Å². The van der Waals surface area contributed by atoms with Crippen LogP contribution >= 0.6 is 0 Å². The number of carbonyl (C=O) groups is 2. The van der Waals surface area contributed by atoms with Gasteiger partial charge in [-0.3, -0.25) is 14.5 Å². The molecule has 1 unspecified atom stereocenters. The Balaban J connectivity index is 2.33. The molecular weight excluding hydrogens is 258 g/mol. The molecule has 1 atom stereocenters. The van der Waals surface area contributed by atoms with E-state index in [0.717, 1.165) is 39.0 Å². The van der Waals surface area contributed by atoms with E-state index in [0.29, 0.717) is 19.0 Å². The highest BCUT2D eigenvalue weighted by Crippen LogP contribution is 2.15. The Kier molecular flexibility index (Phi) is 7.54. The van der Waals surface area contributed by atoms with Crippen LogP contribution in [0.2, 0.25) is 0 Å².